The van der Waals surface area contributed by atoms with Crippen LogP contribution in [0, 0.1) is 0 Å². The molecular formula is C12H15NO2. The van der Waals surface area contributed by atoms with Crippen LogP contribution < -0.4 is 14.8 Å². The summed E-state index contributed by atoms with van der Waals surface area (Å²) in [5.74, 6) is 1.57. The van der Waals surface area contributed by atoms with Crippen LogP contribution in [0.15, 0.2) is 36.6 Å². The maximum atomic E-state index is 5.76. The van der Waals surface area contributed by atoms with Gasteiger partial charge in [-0.05, 0) is 19.1 Å². The maximum absolute atomic E-state index is 5.76. The predicted molar refractivity (Wildman–Crippen MR) is 59.2 cm³/mol. The van der Waals surface area contributed by atoms with E-state index in [-0.39, 0.29) is 6.10 Å². The molecule has 2 rings (SSSR count). The molecule has 0 atom stereocenters. The second-order valence-corrected chi connectivity index (χ2v) is 3.43. The van der Waals surface area contributed by atoms with Crippen molar-refractivity contribution < 1.29 is 9.47 Å². The molecule has 1 aliphatic heterocycles. The molecule has 1 aromatic carbocycles. The van der Waals surface area contributed by atoms with Crippen LogP contribution in [0.2, 0.25) is 0 Å². The number of allylic oxidation sites excluding steroid dienone is 1. The van der Waals surface area contributed by atoms with Gasteiger partial charge >= 0.3 is 0 Å². The van der Waals surface area contributed by atoms with Gasteiger partial charge in [0.05, 0.1) is 6.26 Å². The molecule has 0 unspecified atom stereocenters. The molecule has 15 heavy (non-hydrogen) atoms. The van der Waals surface area contributed by atoms with E-state index in [1.807, 2.05) is 37.3 Å². The topological polar surface area (TPSA) is 30.5 Å². The molecule has 1 fully saturated rings. The van der Waals surface area contributed by atoms with Gasteiger partial charge in [0.2, 0.25) is 0 Å². The monoisotopic (exact) mass is 205 g/mol. The molecule has 3 heteroatoms. The van der Waals surface area contributed by atoms with E-state index in [0.717, 1.165) is 24.6 Å². The summed E-state index contributed by atoms with van der Waals surface area (Å²) >= 11 is 0. The van der Waals surface area contributed by atoms with Crippen LogP contribution in [-0.2, 0) is 0 Å². The van der Waals surface area contributed by atoms with E-state index in [0.29, 0.717) is 0 Å². The zero-order chi connectivity index (χ0) is 10.5. The highest BCUT2D eigenvalue weighted by atomic mass is 16.5. The number of para-hydroxylation sites is 2. The first-order chi connectivity index (χ1) is 7.40. The summed E-state index contributed by atoms with van der Waals surface area (Å²) < 4.78 is 11.2. The van der Waals surface area contributed by atoms with Gasteiger partial charge < -0.3 is 14.8 Å². The second-order valence-electron chi connectivity index (χ2n) is 3.43. The number of benzene rings is 1. The molecule has 1 saturated heterocycles. The Balaban J connectivity index is 2.06. The fourth-order valence-corrected chi connectivity index (χ4v) is 1.31. The largest absolute Gasteiger partial charge is 0.484 e. The van der Waals surface area contributed by atoms with Crippen molar-refractivity contribution in [1.29, 1.82) is 0 Å². The summed E-state index contributed by atoms with van der Waals surface area (Å²) in [4.78, 5) is 0. The van der Waals surface area contributed by atoms with Gasteiger partial charge in [-0.25, -0.2) is 0 Å². The Kier molecular flexibility index (Phi) is 3.25. The smallest absolute Gasteiger partial charge is 0.168 e. The van der Waals surface area contributed by atoms with Gasteiger partial charge in [0.1, 0.15) is 6.10 Å². The molecular weight excluding hydrogens is 190 g/mol. The van der Waals surface area contributed by atoms with E-state index < -0.39 is 0 Å². The minimum atomic E-state index is 0.278. The van der Waals surface area contributed by atoms with Crippen LogP contribution in [0.1, 0.15) is 6.92 Å². The highest BCUT2D eigenvalue weighted by molar-refractivity contribution is 5.40. The predicted octanol–water partition coefficient (Wildman–Crippen LogP) is 1.95. The van der Waals surface area contributed by atoms with Crippen molar-refractivity contribution in [2.75, 3.05) is 13.1 Å². The highest BCUT2D eigenvalue weighted by Gasteiger charge is 2.19. The minimum Gasteiger partial charge on any atom is -0.484 e. The number of rotatable bonds is 4. The van der Waals surface area contributed by atoms with Crippen LogP contribution in [0.5, 0.6) is 11.5 Å². The third-order valence-electron chi connectivity index (χ3n) is 2.22. The molecule has 80 valence electrons. The first-order valence-corrected chi connectivity index (χ1v) is 5.14. The molecule has 1 heterocycles. The second kappa shape index (κ2) is 4.84. The molecule has 1 aromatic rings. The van der Waals surface area contributed by atoms with E-state index in [2.05, 4.69) is 5.32 Å². The summed E-state index contributed by atoms with van der Waals surface area (Å²) in [5, 5.41) is 3.16. The van der Waals surface area contributed by atoms with E-state index in [4.69, 9.17) is 9.47 Å². The molecule has 0 amide bonds. The average molecular weight is 205 g/mol. The van der Waals surface area contributed by atoms with Crippen molar-refractivity contribution >= 4 is 0 Å². The zero-order valence-electron chi connectivity index (χ0n) is 8.77. The summed E-state index contributed by atoms with van der Waals surface area (Å²) in [7, 11) is 0. The lowest BCUT2D eigenvalue weighted by Crippen LogP contribution is -2.50. The van der Waals surface area contributed by atoms with Crippen molar-refractivity contribution in [3.63, 3.8) is 0 Å². The SMILES string of the molecule is CC=COc1ccccc1OC1CNC1. The molecule has 0 saturated carbocycles. The molecule has 0 aliphatic carbocycles. The van der Waals surface area contributed by atoms with E-state index in [1.54, 1.807) is 6.26 Å². The quantitative estimate of drug-likeness (QED) is 0.762. The number of hydrogen-bond acceptors (Lipinski definition) is 3. The van der Waals surface area contributed by atoms with Gasteiger partial charge in [-0.15, -0.1) is 0 Å². The standard InChI is InChI=1S/C12H15NO2/c1-2-7-14-11-5-3-4-6-12(11)15-10-8-13-9-10/h2-7,10,13H,8-9H2,1H3. The molecule has 0 radical (unpaired) electrons. The molecule has 1 N–H and O–H groups in total. The van der Waals surface area contributed by atoms with E-state index in [9.17, 15) is 0 Å². The summed E-state index contributed by atoms with van der Waals surface area (Å²) in [6.07, 6.45) is 3.78. The van der Waals surface area contributed by atoms with Crippen molar-refractivity contribution in [3.8, 4) is 11.5 Å². The van der Waals surface area contributed by atoms with Crippen molar-refractivity contribution in [1.82, 2.24) is 5.32 Å². The third-order valence-corrected chi connectivity index (χ3v) is 2.22. The van der Waals surface area contributed by atoms with Gasteiger partial charge in [0.15, 0.2) is 11.5 Å². The van der Waals surface area contributed by atoms with Crippen LogP contribution >= 0.6 is 0 Å². The van der Waals surface area contributed by atoms with Crippen LogP contribution in [0.25, 0.3) is 0 Å². The fourth-order valence-electron chi connectivity index (χ4n) is 1.31. The average Bonchev–Trinajstić information content (AvgIpc) is 2.22. The number of ether oxygens (including phenoxy) is 2. The van der Waals surface area contributed by atoms with Crippen molar-refractivity contribution in [2.24, 2.45) is 0 Å². The zero-order valence-corrected chi connectivity index (χ0v) is 8.77. The number of hydrogen-bond donors (Lipinski definition) is 1. The molecule has 0 spiro atoms. The Morgan fingerprint density at radius 2 is 2.00 bits per heavy atom. The van der Waals surface area contributed by atoms with Gasteiger partial charge in [-0.1, -0.05) is 18.2 Å². The van der Waals surface area contributed by atoms with Gasteiger partial charge in [0, 0.05) is 13.1 Å². The number of nitrogens with one attached hydrogen (secondary N) is 1. The Morgan fingerprint density at radius 3 is 2.60 bits per heavy atom. The molecule has 1 aliphatic rings. The molecule has 0 bridgehead atoms. The minimum absolute atomic E-state index is 0.278. The lowest BCUT2D eigenvalue weighted by atomic mass is 10.2. The van der Waals surface area contributed by atoms with Crippen molar-refractivity contribution in [3.05, 3.63) is 36.6 Å². The van der Waals surface area contributed by atoms with Crippen LogP contribution in [0.4, 0.5) is 0 Å². The highest BCUT2D eigenvalue weighted by Crippen LogP contribution is 2.28. The van der Waals surface area contributed by atoms with Gasteiger partial charge in [-0.3, -0.25) is 0 Å². The van der Waals surface area contributed by atoms with Crippen LogP contribution in [0.3, 0.4) is 0 Å². The summed E-state index contributed by atoms with van der Waals surface area (Å²) in [6.45, 7) is 3.75. The van der Waals surface area contributed by atoms with E-state index in [1.165, 1.54) is 0 Å². The Labute approximate surface area is 89.7 Å². The molecule has 3 nitrogen and oxygen atoms in total. The van der Waals surface area contributed by atoms with Crippen LogP contribution in [-0.4, -0.2) is 19.2 Å². The lowest BCUT2D eigenvalue weighted by molar-refractivity contribution is 0.138. The van der Waals surface area contributed by atoms with Gasteiger partial charge in [-0.2, -0.15) is 0 Å². The Bertz CT molecular complexity index is 345. The summed E-state index contributed by atoms with van der Waals surface area (Å²) in [5.41, 5.74) is 0. The molecule has 0 aromatic heterocycles. The Morgan fingerprint density at radius 1 is 1.27 bits per heavy atom. The third kappa shape index (κ3) is 2.50. The lowest BCUT2D eigenvalue weighted by Gasteiger charge is -2.28. The fraction of sp³-hybridized carbons (Fsp3) is 0.333. The first-order valence-electron chi connectivity index (χ1n) is 5.14. The normalized spacial score (nSPS) is 16.3. The first kappa shape index (κ1) is 10.1. The van der Waals surface area contributed by atoms with E-state index >= 15 is 0 Å². The van der Waals surface area contributed by atoms with Crippen molar-refractivity contribution in [2.45, 2.75) is 13.0 Å². The summed E-state index contributed by atoms with van der Waals surface area (Å²) in [6, 6.07) is 7.72. The maximum Gasteiger partial charge on any atom is 0.168 e. The van der Waals surface area contributed by atoms with Gasteiger partial charge in [0.25, 0.3) is 0 Å². The Hall–Kier alpha value is -1.48.